The number of halogens is 1. The maximum atomic E-state index is 12.2. The molecule has 8 heteroatoms. The van der Waals surface area contributed by atoms with Crippen LogP contribution in [0, 0.1) is 13.8 Å². The number of hydrogen-bond donors (Lipinski definition) is 2. The Labute approximate surface area is 214 Å². The first-order valence-corrected chi connectivity index (χ1v) is 11.9. The molecule has 0 bridgehead atoms. The van der Waals surface area contributed by atoms with Gasteiger partial charge < -0.3 is 14.9 Å². The van der Waals surface area contributed by atoms with Gasteiger partial charge >= 0.3 is 5.97 Å². The molecule has 1 heterocycles. The molecule has 2 N–H and O–H groups in total. The number of carboxylic acid groups (broad SMARTS) is 1. The summed E-state index contributed by atoms with van der Waals surface area (Å²) in [7, 11) is 0. The molecule has 4 aromatic rings. The number of carbonyl (C=O) groups excluding carboxylic acids is 1. The van der Waals surface area contributed by atoms with Gasteiger partial charge in [-0.1, -0.05) is 70.3 Å². The van der Waals surface area contributed by atoms with Crippen molar-refractivity contribution < 1.29 is 19.2 Å². The van der Waals surface area contributed by atoms with Crippen LogP contribution in [-0.4, -0.2) is 33.7 Å². The standard InChI is InChI=1S/C28H26ClN3O4/c1-17-12-18(2)14-19(13-17)15-24(22-4-3-5-23(29)16-22)28-31-26(32-36-28)20-6-8-21(9-7-20)27(35)30-11-10-25(33)34/h3-9,12-14,16,24H,10-11,15H2,1-2H3,(H,30,35)(H,33,34). The largest absolute Gasteiger partial charge is 0.481 e. The van der Waals surface area contributed by atoms with Crippen LogP contribution in [-0.2, 0) is 11.2 Å². The summed E-state index contributed by atoms with van der Waals surface area (Å²) < 4.78 is 5.72. The minimum Gasteiger partial charge on any atom is -0.481 e. The van der Waals surface area contributed by atoms with Crippen LogP contribution in [0.1, 0.15) is 50.8 Å². The number of aromatic nitrogens is 2. The molecule has 0 aliphatic rings. The van der Waals surface area contributed by atoms with Crippen molar-refractivity contribution in [2.75, 3.05) is 6.54 Å². The molecule has 4 rings (SSSR count). The van der Waals surface area contributed by atoms with Crippen molar-refractivity contribution >= 4 is 23.5 Å². The fraction of sp³-hybridized carbons (Fsp3) is 0.214. The predicted octanol–water partition coefficient (Wildman–Crippen LogP) is 5.59. The SMILES string of the molecule is Cc1cc(C)cc(CC(c2cccc(Cl)c2)c2nc(-c3ccc(C(=O)NCCC(=O)O)cc3)no2)c1. The van der Waals surface area contributed by atoms with Gasteiger partial charge in [-0.2, -0.15) is 4.98 Å². The number of nitrogens with zero attached hydrogens (tertiary/aromatic N) is 2. The van der Waals surface area contributed by atoms with Crippen molar-refractivity contribution in [2.24, 2.45) is 0 Å². The van der Waals surface area contributed by atoms with Gasteiger partial charge in [0.25, 0.3) is 5.91 Å². The Kier molecular flexibility index (Phi) is 7.80. The van der Waals surface area contributed by atoms with Crippen LogP contribution < -0.4 is 5.32 Å². The molecule has 0 spiro atoms. The first-order chi connectivity index (χ1) is 17.3. The third kappa shape index (κ3) is 6.37. The molecular weight excluding hydrogens is 478 g/mol. The van der Waals surface area contributed by atoms with E-state index in [4.69, 9.17) is 21.2 Å². The van der Waals surface area contributed by atoms with E-state index in [0.29, 0.717) is 34.3 Å². The first-order valence-electron chi connectivity index (χ1n) is 11.5. The molecule has 1 atom stereocenters. The van der Waals surface area contributed by atoms with E-state index in [-0.39, 0.29) is 24.8 Å². The molecule has 1 amide bonds. The predicted molar refractivity (Wildman–Crippen MR) is 137 cm³/mol. The van der Waals surface area contributed by atoms with Crippen LogP contribution in [0.4, 0.5) is 0 Å². The van der Waals surface area contributed by atoms with Gasteiger partial charge in [-0.3, -0.25) is 9.59 Å². The van der Waals surface area contributed by atoms with E-state index < -0.39 is 5.97 Å². The van der Waals surface area contributed by atoms with E-state index in [2.05, 4.69) is 47.5 Å². The highest BCUT2D eigenvalue weighted by Gasteiger charge is 2.23. The molecule has 0 fully saturated rings. The smallest absolute Gasteiger partial charge is 0.305 e. The maximum Gasteiger partial charge on any atom is 0.305 e. The van der Waals surface area contributed by atoms with Crippen molar-refractivity contribution in [3.05, 3.63) is 105 Å². The molecule has 0 saturated heterocycles. The zero-order valence-corrected chi connectivity index (χ0v) is 20.7. The molecule has 0 saturated carbocycles. The number of nitrogens with one attached hydrogen (secondary N) is 1. The van der Waals surface area contributed by atoms with Crippen molar-refractivity contribution in [1.82, 2.24) is 15.5 Å². The minimum absolute atomic E-state index is 0.0650. The highest BCUT2D eigenvalue weighted by molar-refractivity contribution is 6.30. The summed E-state index contributed by atoms with van der Waals surface area (Å²) in [5, 5.41) is 16.1. The molecule has 0 aliphatic heterocycles. The van der Waals surface area contributed by atoms with Crippen molar-refractivity contribution in [2.45, 2.75) is 32.6 Å². The lowest BCUT2D eigenvalue weighted by atomic mass is 9.90. The molecule has 7 nitrogen and oxygen atoms in total. The normalized spacial score (nSPS) is 11.8. The number of carboxylic acids is 1. The second kappa shape index (κ2) is 11.2. The number of benzene rings is 3. The quantitative estimate of drug-likeness (QED) is 0.308. The summed E-state index contributed by atoms with van der Waals surface area (Å²) in [6, 6.07) is 20.9. The van der Waals surface area contributed by atoms with E-state index >= 15 is 0 Å². The van der Waals surface area contributed by atoms with E-state index in [1.54, 1.807) is 24.3 Å². The summed E-state index contributed by atoms with van der Waals surface area (Å²) in [5.74, 6) is -0.610. The zero-order chi connectivity index (χ0) is 25.7. The Morgan fingerprint density at radius 3 is 2.42 bits per heavy atom. The summed E-state index contributed by atoms with van der Waals surface area (Å²) in [6.45, 7) is 4.22. The highest BCUT2D eigenvalue weighted by Crippen LogP contribution is 2.31. The molecule has 0 aliphatic carbocycles. The van der Waals surface area contributed by atoms with E-state index in [1.165, 1.54) is 11.1 Å². The van der Waals surface area contributed by atoms with Crippen LogP contribution >= 0.6 is 11.6 Å². The Bertz CT molecular complexity index is 1360. The second-order valence-electron chi connectivity index (χ2n) is 8.74. The fourth-order valence-corrected chi connectivity index (χ4v) is 4.34. The van der Waals surface area contributed by atoms with E-state index in [9.17, 15) is 9.59 Å². The Morgan fingerprint density at radius 2 is 1.75 bits per heavy atom. The number of amides is 1. The van der Waals surface area contributed by atoms with E-state index in [0.717, 1.165) is 11.1 Å². The number of hydrogen-bond acceptors (Lipinski definition) is 5. The van der Waals surface area contributed by atoms with Gasteiger partial charge in [-0.15, -0.1) is 0 Å². The van der Waals surface area contributed by atoms with Crippen LogP contribution in [0.15, 0.2) is 71.3 Å². The Balaban J connectivity index is 1.58. The lowest BCUT2D eigenvalue weighted by Gasteiger charge is -2.15. The van der Waals surface area contributed by atoms with E-state index in [1.807, 2.05) is 24.3 Å². The lowest BCUT2D eigenvalue weighted by Crippen LogP contribution is -2.25. The van der Waals surface area contributed by atoms with Crippen LogP contribution in [0.3, 0.4) is 0 Å². The number of aryl methyl sites for hydroxylation is 2. The Morgan fingerprint density at radius 1 is 1.03 bits per heavy atom. The van der Waals surface area contributed by atoms with Crippen LogP contribution in [0.2, 0.25) is 5.02 Å². The first kappa shape index (κ1) is 25.1. The Hall–Kier alpha value is -3.97. The molecule has 3 aromatic carbocycles. The fourth-order valence-electron chi connectivity index (χ4n) is 4.14. The van der Waals surface area contributed by atoms with Gasteiger partial charge in [-0.25, -0.2) is 0 Å². The van der Waals surface area contributed by atoms with Crippen molar-refractivity contribution in [1.29, 1.82) is 0 Å². The maximum absolute atomic E-state index is 12.2. The van der Waals surface area contributed by atoms with Crippen LogP contribution in [0.25, 0.3) is 11.4 Å². The molecule has 1 aromatic heterocycles. The summed E-state index contributed by atoms with van der Waals surface area (Å²) in [6.07, 6.45) is 0.533. The van der Waals surface area contributed by atoms with Crippen molar-refractivity contribution in [3.63, 3.8) is 0 Å². The summed E-state index contributed by atoms with van der Waals surface area (Å²) >= 11 is 6.29. The molecule has 36 heavy (non-hydrogen) atoms. The third-order valence-corrected chi connectivity index (χ3v) is 5.98. The summed E-state index contributed by atoms with van der Waals surface area (Å²) in [4.78, 5) is 27.5. The topological polar surface area (TPSA) is 105 Å². The monoisotopic (exact) mass is 503 g/mol. The third-order valence-electron chi connectivity index (χ3n) is 5.74. The van der Waals surface area contributed by atoms with Crippen molar-refractivity contribution in [3.8, 4) is 11.4 Å². The minimum atomic E-state index is -0.966. The number of rotatable bonds is 9. The second-order valence-corrected chi connectivity index (χ2v) is 9.18. The zero-order valence-electron chi connectivity index (χ0n) is 20.0. The average Bonchev–Trinajstić information content (AvgIpc) is 3.32. The summed E-state index contributed by atoms with van der Waals surface area (Å²) in [5.41, 5.74) is 5.63. The average molecular weight is 504 g/mol. The van der Waals surface area contributed by atoms with Gasteiger partial charge in [0.15, 0.2) is 0 Å². The van der Waals surface area contributed by atoms with Gasteiger partial charge in [0.05, 0.1) is 12.3 Å². The molecule has 0 radical (unpaired) electrons. The molecular formula is C28H26ClN3O4. The number of carbonyl (C=O) groups is 2. The van der Waals surface area contributed by atoms with Crippen LogP contribution in [0.5, 0.6) is 0 Å². The lowest BCUT2D eigenvalue weighted by molar-refractivity contribution is -0.136. The van der Waals surface area contributed by atoms with Gasteiger partial charge in [0, 0.05) is 22.7 Å². The highest BCUT2D eigenvalue weighted by atomic mass is 35.5. The molecule has 184 valence electrons. The number of aliphatic carboxylic acids is 1. The molecule has 1 unspecified atom stereocenters. The van der Waals surface area contributed by atoms with Gasteiger partial charge in [0.2, 0.25) is 11.7 Å². The van der Waals surface area contributed by atoms with Gasteiger partial charge in [0.1, 0.15) is 0 Å². The van der Waals surface area contributed by atoms with Gasteiger partial charge in [-0.05, 0) is 55.7 Å².